The first-order valence-corrected chi connectivity index (χ1v) is 9.17. The predicted molar refractivity (Wildman–Crippen MR) is 101 cm³/mol. The maximum absolute atomic E-state index is 5.47. The number of benzene rings is 1. The first-order valence-electron chi connectivity index (χ1n) is 9.17. The molecule has 4 rings (SSSR count). The molecule has 5 heteroatoms. The van der Waals surface area contributed by atoms with E-state index in [1.54, 1.807) is 7.11 Å². The molecule has 134 valence electrons. The molecule has 0 bridgehead atoms. The van der Waals surface area contributed by atoms with Crippen LogP contribution in [0.3, 0.4) is 0 Å². The lowest BCUT2D eigenvalue weighted by Crippen LogP contribution is -2.33. The summed E-state index contributed by atoms with van der Waals surface area (Å²) in [5.41, 5.74) is 3.48. The van der Waals surface area contributed by atoms with Gasteiger partial charge in [0.2, 0.25) is 0 Å². The monoisotopic (exact) mass is 348 g/mol. The maximum Gasteiger partial charge on any atom is 0.119 e. The van der Waals surface area contributed by atoms with Crippen LogP contribution in [0.2, 0.25) is 0 Å². The zero-order valence-corrected chi connectivity index (χ0v) is 15.1. The summed E-state index contributed by atoms with van der Waals surface area (Å²) in [4.78, 5) is 7.15. The first-order chi connectivity index (χ1) is 12.8. The zero-order valence-electron chi connectivity index (χ0n) is 15.1. The van der Waals surface area contributed by atoms with E-state index in [2.05, 4.69) is 39.2 Å². The molecule has 0 N–H and O–H groups in total. The Balaban J connectivity index is 1.66. The molecule has 0 unspecified atom stereocenters. The Bertz CT molecular complexity index is 832. The smallest absolute Gasteiger partial charge is 0.119 e. The van der Waals surface area contributed by atoms with E-state index in [1.165, 1.54) is 18.4 Å². The fraction of sp³-hybridized carbons (Fsp3) is 0.333. The van der Waals surface area contributed by atoms with E-state index in [4.69, 9.17) is 4.74 Å². The van der Waals surface area contributed by atoms with Gasteiger partial charge in [0.15, 0.2) is 0 Å². The van der Waals surface area contributed by atoms with Gasteiger partial charge in [-0.25, -0.2) is 4.68 Å². The Morgan fingerprint density at radius 2 is 2.08 bits per heavy atom. The second kappa shape index (κ2) is 7.70. The van der Waals surface area contributed by atoms with Crippen molar-refractivity contribution in [3.8, 4) is 11.4 Å². The second-order valence-electron chi connectivity index (χ2n) is 6.68. The number of nitrogens with zero attached hydrogens (tertiary/aromatic N) is 4. The normalized spacial score (nSPS) is 18.0. The highest BCUT2D eigenvalue weighted by Gasteiger charge is 2.25. The highest BCUT2D eigenvalue weighted by Crippen LogP contribution is 2.32. The quantitative estimate of drug-likeness (QED) is 0.699. The Morgan fingerprint density at radius 3 is 2.85 bits per heavy atom. The van der Waals surface area contributed by atoms with Crippen LogP contribution >= 0.6 is 0 Å². The van der Waals surface area contributed by atoms with E-state index in [-0.39, 0.29) is 0 Å². The van der Waals surface area contributed by atoms with Gasteiger partial charge in [-0.1, -0.05) is 12.5 Å². The second-order valence-corrected chi connectivity index (χ2v) is 6.68. The van der Waals surface area contributed by atoms with Gasteiger partial charge in [-0.15, -0.1) is 0 Å². The van der Waals surface area contributed by atoms with E-state index in [0.717, 1.165) is 36.6 Å². The number of ether oxygens (including phenoxy) is 1. The zero-order chi connectivity index (χ0) is 17.8. The number of rotatable bonds is 5. The molecule has 1 fully saturated rings. The third-order valence-corrected chi connectivity index (χ3v) is 5.05. The van der Waals surface area contributed by atoms with Gasteiger partial charge in [0.25, 0.3) is 0 Å². The van der Waals surface area contributed by atoms with Gasteiger partial charge in [-0.3, -0.25) is 9.88 Å². The summed E-state index contributed by atoms with van der Waals surface area (Å²) in [7, 11) is 1.71. The minimum absolute atomic E-state index is 0.363. The molecule has 0 radical (unpaired) electrons. The molecule has 0 saturated carbocycles. The molecule has 1 saturated heterocycles. The van der Waals surface area contributed by atoms with Crippen LogP contribution in [0, 0.1) is 0 Å². The van der Waals surface area contributed by atoms with Gasteiger partial charge in [0.1, 0.15) is 5.75 Å². The van der Waals surface area contributed by atoms with Crippen LogP contribution in [0.15, 0.2) is 61.1 Å². The SMILES string of the molecule is COc1ccc(-n2cccn2)c(CN2CCCC[C@H]2c2ccccn2)c1. The number of hydrogen-bond acceptors (Lipinski definition) is 4. The molecule has 3 heterocycles. The van der Waals surface area contributed by atoms with E-state index < -0.39 is 0 Å². The largest absolute Gasteiger partial charge is 0.497 e. The molecule has 1 aromatic carbocycles. The molecular formula is C21H24N4O. The van der Waals surface area contributed by atoms with Crippen molar-refractivity contribution in [3.63, 3.8) is 0 Å². The Morgan fingerprint density at radius 1 is 1.12 bits per heavy atom. The molecule has 0 amide bonds. The molecule has 0 spiro atoms. The Kier molecular flexibility index (Phi) is 4.97. The third-order valence-electron chi connectivity index (χ3n) is 5.05. The van der Waals surface area contributed by atoms with Crippen LogP contribution in [-0.4, -0.2) is 33.3 Å². The topological polar surface area (TPSA) is 43.2 Å². The van der Waals surface area contributed by atoms with Crippen LogP contribution in [0.25, 0.3) is 5.69 Å². The summed E-state index contributed by atoms with van der Waals surface area (Å²) in [6.45, 7) is 1.94. The van der Waals surface area contributed by atoms with Gasteiger partial charge in [0, 0.05) is 25.1 Å². The van der Waals surface area contributed by atoms with Crippen molar-refractivity contribution in [2.24, 2.45) is 0 Å². The molecule has 26 heavy (non-hydrogen) atoms. The molecule has 0 aliphatic carbocycles. The molecule has 3 aromatic rings. The summed E-state index contributed by atoms with van der Waals surface area (Å²) < 4.78 is 7.39. The number of likely N-dealkylation sites (tertiary alicyclic amines) is 1. The molecule has 1 atom stereocenters. The van der Waals surface area contributed by atoms with E-state index in [0.29, 0.717) is 6.04 Å². The lowest BCUT2D eigenvalue weighted by atomic mass is 9.97. The van der Waals surface area contributed by atoms with Crippen molar-refractivity contribution in [1.29, 1.82) is 0 Å². The fourth-order valence-corrected chi connectivity index (χ4v) is 3.76. The highest BCUT2D eigenvalue weighted by atomic mass is 16.5. The minimum Gasteiger partial charge on any atom is -0.497 e. The van der Waals surface area contributed by atoms with Gasteiger partial charge in [-0.2, -0.15) is 5.10 Å². The number of methoxy groups -OCH3 is 1. The Labute approximate surface area is 154 Å². The molecule has 1 aliphatic rings. The third kappa shape index (κ3) is 3.48. The molecule has 1 aliphatic heterocycles. The Hall–Kier alpha value is -2.66. The summed E-state index contributed by atoms with van der Waals surface area (Å²) in [6.07, 6.45) is 9.32. The van der Waals surface area contributed by atoms with E-state index >= 15 is 0 Å². The first kappa shape index (κ1) is 16.8. The van der Waals surface area contributed by atoms with Crippen molar-refractivity contribution in [1.82, 2.24) is 19.7 Å². The maximum atomic E-state index is 5.47. The van der Waals surface area contributed by atoms with Gasteiger partial charge in [-0.05, 0) is 61.3 Å². The summed E-state index contributed by atoms with van der Waals surface area (Å²) >= 11 is 0. The highest BCUT2D eigenvalue weighted by molar-refractivity contribution is 5.45. The number of piperidine rings is 1. The fourth-order valence-electron chi connectivity index (χ4n) is 3.76. The van der Waals surface area contributed by atoms with Crippen molar-refractivity contribution in [3.05, 3.63) is 72.3 Å². The van der Waals surface area contributed by atoms with Crippen molar-refractivity contribution >= 4 is 0 Å². The lowest BCUT2D eigenvalue weighted by molar-refractivity contribution is 0.137. The van der Waals surface area contributed by atoms with Crippen LogP contribution in [0.5, 0.6) is 5.75 Å². The molecule has 2 aromatic heterocycles. The van der Waals surface area contributed by atoms with E-state index in [1.807, 2.05) is 41.5 Å². The van der Waals surface area contributed by atoms with Gasteiger partial charge in [0.05, 0.1) is 24.5 Å². The van der Waals surface area contributed by atoms with E-state index in [9.17, 15) is 0 Å². The van der Waals surface area contributed by atoms with Crippen molar-refractivity contribution < 1.29 is 4.74 Å². The number of pyridine rings is 1. The van der Waals surface area contributed by atoms with Crippen molar-refractivity contribution in [2.75, 3.05) is 13.7 Å². The summed E-state index contributed by atoms with van der Waals surface area (Å²) in [5.74, 6) is 0.877. The molecular weight excluding hydrogens is 324 g/mol. The summed E-state index contributed by atoms with van der Waals surface area (Å²) in [6, 6.07) is 14.7. The molecule has 5 nitrogen and oxygen atoms in total. The van der Waals surface area contributed by atoms with Gasteiger partial charge < -0.3 is 4.74 Å². The van der Waals surface area contributed by atoms with Gasteiger partial charge >= 0.3 is 0 Å². The lowest BCUT2D eigenvalue weighted by Gasteiger charge is -2.35. The summed E-state index contributed by atoms with van der Waals surface area (Å²) in [5, 5.41) is 4.42. The number of aromatic nitrogens is 3. The van der Waals surface area contributed by atoms with Crippen LogP contribution in [0.1, 0.15) is 36.6 Å². The van der Waals surface area contributed by atoms with Crippen LogP contribution < -0.4 is 4.74 Å². The standard InChI is InChI=1S/C21H24N4O/c1-26-18-9-10-20(25-14-6-12-23-25)17(15-18)16-24-13-5-3-8-21(24)19-7-2-4-11-22-19/h2,4,6-7,9-12,14-15,21H,3,5,8,13,16H2,1H3/t21-/m0/s1. The van der Waals surface area contributed by atoms with Crippen LogP contribution in [0.4, 0.5) is 0 Å². The van der Waals surface area contributed by atoms with Crippen LogP contribution in [-0.2, 0) is 6.54 Å². The average Bonchev–Trinajstić information content (AvgIpc) is 3.23. The predicted octanol–water partition coefficient (Wildman–Crippen LogP) is 4.00. The average molecular weight is 348 g/mol. The van der Waals surface area contributed by atoms with Crippen molar-refractivity contribution in [2.45, 2.75) is 31.8 Å². The number of hydrogen-bond donors (Lipinski definition) is 0. The minimum atomic E-state index is 0.363.